The van der Waals surface area contributed by atoms with Crippen molar-refractivity contribution in [3.05, 3.63) is 0 Å². The summed E-state index contributed by atoms with van der Waals surface area (Å²) in [6.07, 6.45) is 0.0278. The number of carbonyl (C=O) groups excluding carboxylic acids is 2. The average molecular weight is 174 g/mol. The van der Waals surface area contributed by atoms with Crippen LogP contribution in [0.15, 0.2) is 0 Å². The van der Waals surface area contributed by atoms with Crippen LogP contribution in [-0.2, 0) is 9.59 Å². The van der Waals surface area contributed by atoms with Crippen molar-refractivity contribution in [2.24, 2.45) is 0 Å². The smallest absolute Gasteiger partial charge is 0.550 e. The summed E-state index contributed by atoms with van der Waals surface area (Å²) in [7, 11) is 2.03. The fourth-order valence-corrected chi connectivity index (χ4v) is 0. The maximum Gasteiger partial charge on any atom is 2.00 e. The molecule has 0 saturated carbocycles. The molecule has 0 aliphatic carbocycles. The Kier molecular flexibility index (Phi) is 19.7. The zero-order chi connectivity index (χ0) is 7.86. The summed E-state index contributed by atoms with van der Waals surface area (Å²) in [5.74, 6) is -2.12. The van der Waals surface area contributed by atoms with Gasteiger partial charge in [-0.2, -0.15) is 0 Å². The summed E-state index contributed by atoms with van der Waals surface area (Å²) in [4.78, 5) is 18.1. The third-order valence-electron chi connectivity index (χ3n) is 0.167. The van der Waals surface area contributed by atoms with Gasteiger partial charge in [-0.15, -0.1) is 9.24 Å². The topological polar surface area (TPSA) is 80.3 Å². The second-order valence-electron chi connectivity index (χ2n) is 1.07. The largest absolute Gasteiger partial charge is 2.00 e. The van der Waals surface area contributed by atoms with E-state index in [0.717, 1.165) is 6.92 Å². The van der Waals surface area contributed by atoms with E-state index in [1.807, 2.05) is 9.24 Å². The number of aliphatic carboxylic acids is 2. The van der Waals surface area contributed by atoms with Gasteiger partial charge in [0.2, 0.25) is 0 Å². The molecule has 0 fully saturated rings. The molecule has 0 saturated heterocycles. The van der Waals surface area contributed by atoms with E-state index in [2.05, 4.69) is 0 Å². The quantitative estimate of drug-likeness (QED) is 0.313. The van der Waals surface area contributed by atoms with Crippen molar-refractivity contribution in [3.8, 4) is 0 Å². The summed E-state index contributed by atoms with van der Waals surface area (Å²) in [6, 6.07) is 0. The van der Waals surface area contributed by atoms with E-state index in [1.165, 1.54) is 0 Å². The summed E-state index contributed by atoms with van der Waals surface area (Å²) in [5.41, 5.74) is 0. The Balaban J connectivity index is -0.0000000910. The molecule has 6 heteroatoms. The van der Waals surface area contributed by atoms with Crippen LogP contribution < -0.4 is 10.2 Å². The molecule has 0 aromatic heterocycles. The minimum Gasteiger partial charge on any atom is -0.550 e. The fourth-order valence-electron chi connectivity index (χ4n) is 0. The van der Waals surface area contributed by atoms with Crippen molar-refractivity contribution in [2.75, 3.05) is 6.16 Å². The number of hydrogen-bond acceptors (Lipinski definition) is 4. The van der Waals surface area contributed by atoms with Crippen LogP contribution in [0.3, 0.4) is 0 Å². The average Bonchev–Trinajstić information content (AvgIpc) is 1.65. The van der Waals surface area contributed by atoms with Gasteiger partial charge in [-0.05, 0) is 6.92 Å². The van der Waals surface area contributed by atoms with Gasteiger partial charge in [0.05, 0.1) is 0 Å². The number of carboxylic acid groups (broad SMARTS) is 2. The molecule has 0 bridgehead atoms. The van der Waals surface area contributed by atoms with Crippen LogP contribution >= 0.6 is 9.24 Å². The molecule has 0 N–H and O–H groups in total. The Hall–Kier alpha value is 0.136. The Bertz CT molecular complexity index is 101. The van der Waals surface area contributed by atoms with E-state index in [-0.39, 0.29) is 29.2 Å². The zero-order valence-corrected chi connectivity index (χ0v) is 8.19. The number of hydrogen-bond donors (Lipinski definition) is 0. The first-order valence-corrected chi connectivity index (χ1v) is 2.89. The molecule has 0 amide bonds. The second kappa shape index (κ2) is 11.9. The third-order valence-corrected chi connectivity index (χ3v) is 0.500. The van der Waals surface area contributed by atoms with Gasteiger partial charge in [0, 0.05) is 18.1 Å². The molecule has 4 nitrogen and oxygen atoms in total. The van der Waals surface area contributed by atoms with Gasteiger partial charge in [0.1, 0.15) is 0 Å². The first kappa shape index (κ1) is 16.6. The van der Waals surface area contributed by atoms with Crippen LogP contribution in [0.4, 0.5) is 0 Å². The van der Waals surface area contributed by atoms with Crippen LogP contribution in [0, 0.1) is 0 Å². The Morgan fingerprint density at radius 2 is 1.50 bits per heavy atom. The van der Waals surface area contributed by atoms with Crippen LogP contribution in [0.5, 0.6) is 0 Å². The van der Waals surface area contributed by atoms with Gasteiger partial charge in [-0.3, -0.25) is 0 Å². The first-order valence-electron chi connectivity index (χ1n) is 2.08. The van der Waals surface area contributed by atoms with E-state index < -0.39 is 11.9 Å². The van der Waals surface area contributed by atoms with Crippen molar-refractivity contribution in [3.63, 3.8) is 0 Å². The Morgan fingerprint density at radius 3 is 1.50 bits per heavy atom. The van der Waals surface area contributed by atoms with Crippen molar-refractivity contribution < 1.29 is 19.8 Å². The van der Waals surface area contributed by atoms with Gasteiger partial charge in [0.15, 0.2) is 0 Å². The predicted octanol–water partition coefficient (Wildman–Crippen LogP) is -3.01. The van der Waals surface area contributed by atoms with E-state index >= 15 is 0 Å². The summed E-state index contributed by atoms with van der Waals surface area (Å²) >= 11 is 0. The number of rotatable bonds is 1. The van der Waals surface area contributed by atoms with E-state index in [4.69, 9.17) is 9.90 Å². The van der Waals surface area contributed by atoms with Crippen LogP contribution in [0.1, 0.15) is 6.92 Å². The maximum absolute atomic E-state index is 9.24. The standard InChI is InChI=1S/C2H5O2P.C2H4O2.Mg/c3-2(4)1-5;1-2(3)4;/h1,5H2,(H,3,4);1H3,(H,3,4);/q;;+2/p-2. The van der Waals surface area contributed by atoms with Gasteiger partial charge < -0.3 is 19.8 Å². The van der Waals surface area contributed by atoms with E-state index in [1.54, 1.807) is 0 Å². The minimum absolute atomic E-state index is 0. The molecule has 1 unspecified atom stereocenters. The normalized spacial score (nSPS) is 6.20. The van der Waals surface area contributed by atoms with Crippen molar-refractivity contribution in [2.45, 2.75) is 6.92 Å². The third kappa shape index (κ3) is 90.8. The predicted molar refractivity (Wildman–Crippen MR) is 36.0 cm³/mol. The molecule has 54 valence electrons. The minimum atomic E-state index is -1.08. The summed E-state index contributed by atoms with van der Waals surface area (Å²) < 4.78 is 0. The van der Waals surface area contributed by atoms with Gasteiger partial charge in [0.25, 0.3) is 0 Å². The zero-order valence-electron chi connectivity index (χ0n) is 5.62. The molecule has 0 aliphatic heterocycles. The van der Waals surface area contributed by atoms with Crippen molar-refractivity contribution in [1.82, 2.24) is 0 Å². The number of carbonyl (C=O) groups is 2. The van der Waals surface area contributed by atoms with E-state index in [9.17, 15) is 9.90 Å². The van der Waals surface area contributed by atoms with Crippen LogP contribution in [-0.4, -0.2) is 41.2 Å². The first-order chi connectivity index (χ1) is 4.00. The van der Waals surface area contributed by atoms with Gasteiger partial charge in [-0.1, -0.05) is 0 Å². The molecule has 0 radical (unpaired) electrons. The van der Waals surface area contributed by atoms with Gasteiger partial charge in [-0.25, -0.2) is 0 Å². The molecule has 10 heavy (non-hydrogen) atoms. The van der Waals surface area contributed by atoms with Crippen molar-refractivity contribution in [1.29, 1.82) is 0 Å². The molecule has 0 aliphatic rings. The molecule has 0 spiro atoms. The maximum atomic E-state index is 9.24. The Labute approximate surface area is 77.4 Å². The summed E-state index contributed by atoms with van der Waals surface area (Å²) in [6.45, 7) is 0.972. The van der Waals surface area contributed by atoms with Crippen molar-refractivity contribution >= 4 is 44.2 Å². The number of carboxylic acids is 2. The molecule has 0 aromatic rings. The fraction of sp³-hybridized carbons (Fsp3) is 0.500. The van der Waals surface area contributed by atoms with Crippen LogP contribution in [0.2, 0.25) is 0 Å². The molecule has 0 heterocycles. The second-order valence-corrected chi connectivity index (χ2v) is 1.48. The molecule has 0 rings (SSSR count). The molecule has 0 aromatic carbocycles. The summed E-state index contributed by atoms with van der Waals surface area (Å²) in [5, 5.41) is 18.1. The SMILES string of the molecule is CC(=O)[O-].O=C([O-])CP.[Mg+2]. The van der Waals surface area contributed by atoms with Gasteiger partial charge >= 0.3 is 23.1 Å². The molecule has 1 atom stereocenters. The monoisotopic (exact) mass is 174 g/mol. The molecular weight excluding hydrogens is 167 g/mol. The van der Waals surface area contributed by atoms with Crippen LogP contribution in [0.25, 0.3) is 0 Å². The Morgan fingerprint density at radius 1 is 1.40 bits per heavy atom. The molecular formula is C4H7MgO4P. The van der Waals surface area contributed by atoms with E-state index in [0.29, 0.717) is 0 Å².